The van der Waals surface area contributed by atoms with Crippen LogP contribution in [-0.2, 0) is 6.42 Å². The van der Waals surface area contributed by atoms with Gasteiger partial charge in [-0.2, -0.15) is 4.58 Å². The molecule has 5 aromatic heterocycles. The fourth-order valence-electron chi connectivity index (χ4n) is 10.2. The zero-order valence-corrected chi connectivity index (χ0v) is 46.6. The second-order valence-electron chi connectivity index (χ2n) is 19.5. The van der Waals surface area contributed by atoms with E-state index in [2.05, 4.69) is 140 Å². The number of rotatable bonds is 7. The van der Waals surface area contributed by atoms with Gasteiger partial charge in [0, 0.05) is 119 Å². The smallest absolute Gasteiger partial charge is 0.216 e. The van der Waals surface area contributed by atoms with Crippen LogP contribution in [0.4, 0.5) is 11.4 Å². The largest absolute Gasteiger partial charge is 0.361 e. The number of benzene rings is 10. The van der Waals surface area contributed by atoms with Crippen molar-refractivity contribution in [2.24, 2.45) is 0 Å². The zero-order valence-electron chi connectivity index (χ0n) is 43.4. The second kappa shape index (κ2) is 21.9. The average molecular weight is 1140 g/mol. The molecular formula is C70H46BrN8S2+. The van der Waals surface area contributed by atoms with Gasteiger partial charge in [0.15, 0.2) is 41.2 Å². The molecule has 11 heteroatoms. The lowest BCUT2D eigenvalue weighted by Crippen LogP contribution is -2.02. The van der Waals surface area contributed by atoms with Gasteiger partial charge in [-0.05, 0) is 60.7 Å². The number of hydrogen-bond donors (Lipinski definition) is 1. The molecule has 81 heavy (non-hydrogen) atoms. The summed E-state index contributed by atoms with van der Waals surface area (Å²) in [5.74, 6) is 4.02. The van der Waals surface area contributed by atoms with E-state index in [0.29, 0.717) is 34.9 Å². The van der Waals surface area contributed by atoms with Crippen molar-refractivity contribution in [1.82, 2.24) is 39.5 Å². The third kappa shape index (κ3) is 10.2. The Balaban J connectivity index is 0.000000121. The van der Waals surface area contributed by atoms with Gasteiger partial charge in [0.05, 0.1) is 6.42 Å². The molecule has 0 amide bonds. The first-order valence-electron chi connectivity index (χ1n) is 26.6. The van der Waals surface area contributed by atoms with Gasteiger partial charge in [-0.1, -0.05) is 186 Å². The number of aromatic amines is 1. The Bertz CT molecular complexity index is 4660. The van der Waals surface area contributed by atoms with E-state index in [0.717, 1.165) is 50.0 Å². The van der Waals surface area contributed by atoms with Crippen molar-refractivity contribution < 1.29 is 0 Å². The SMILES string of the molecule is Brc1ccc(-c2nc(-c3ccccc3)nc(-c3ccccc3)n2)cc1.C1=[N+](c2ccc(-c3nc(-c4ccccc4)nc(-c4ccccc4)n3)cc2)c2cc3sc4ccccc4c3cc2C1.c1ccc2c(c1)sc1cc3[nH]ccc3cc12. The molecule has 0 atom stereocenters. The van der Waals surface area contributed by atoms with E-state index in [1.165, 1.54) is 62.5 Å². The van der Waals surface area contributed by atoms with E-state index in [9.17, 15) is 0 Å². The molecule has 10 aromatic carbocycles. The van der Waals surface area contributed by atoms with Crippen LogP contribution in [0.5, 0.6) is 0 Å². The number of nitrogens with one attached hydrogen (secondary N) is 1. The lowest BCUT2D eigenvalue weighted by molar-refractivity contribution is 1.07. The van der Waals surface area contributed by atoms with Gasteiger partial charge in [0.25, 0.3) is 0 Å². The normalized spacial score (nSPS) is 11.8. The number of fused-ring (bicyclic) bond motifs is 8. The van der Waals surface area contributed by atoms with E-state index in [1.807, 2.05) is 174 Å². The Hall–Kier alpha value is -9.65. The Labute approximate surface area is 483 Å². The first kappa shape index (κ1) is 49.6. The third-order valence-corrected chi connectivity index (χ3v) is 17.1. The molecular weight excluding hydrogens is 1100 g/mol. The number of aromatic nitrogens is 7. The van der Waals surface area contributed by atoms with Crippen LogP contribution in [0.3, 0.4) is 0 Å². The number of H-pyrrole nitrogens is 1. The van der Waals surface area contributed by atoms with Gasteiger partial charge >= 0.3 is 0 Å². The summed E-state index contributed by atoms with van der Waals surface area (Å²) >= 11 is 7.19. The predicted molar refractivity (Wildman–Crippen MR) is 342 cm³/mol. The Morgan fingerprint density at radius 1 is 0.358 bits per heavy atom. The van der Waals surface area contributed by atoms with E-state index in [-0.39, 0.29) is 0 Å². The number of hydrogen-bond acceptors (Lipinski definition) is 8. The van der Waals surface area contributed by atoms with E-state index >= 15 is 0 Å². The van der Waals surface area contributed by atoms with Gasteiger partial charge in [-0.15, -0.1) is 22.7 Å². The van der Waals surface area contributed by atoms with Crippen molar-refractivity contribution in [2.45, 2.75) is 6.42 Å². The first-order valence-corrected chi connectivity index (χ1v) is 29.0. The summed E-state index contributed by atoms with van der Waals surface area (Å²) in [6.45, 7) is 0. The molecule has 0 aliphatic carbocycles. The number of nitrogens with zero attached hydrogens (tertiary/aromatic N) is 7. The minimum atomic E-state index is 0.664. The summed E-state index contributed by atoms with van der Waals surface area (Å²) in [4.78, 5) is 31.9. The number of thiophene rings is 2. The second-order valence-corrected chi connectivity index (χ2v) is 22.6. The zero-order chi connectivity index (χ0) is 54.1. The van der Waals surface area contributed by atoms with Crippen LogP contribution in [0.25, 0.3) is 120 Å². The Morgan fingerprint density at radius 3 is 1.22 bits per heavy atom. The average Bonchev–Trinajstić information content (AvgIpc) is 4.36. The molecule has 0 radical (unpaired) electrons. The van der Waals surface area contributed by atoms with Crippen LogP contribution in [0.15, 0.2) is 259 Å². The van der Waals surface area contributed by atoms with Gasteiger partial charge in [0.2, 0.25) is 11.4 Å². The summed E-state index contributed by atoms with van der Waals surface area (Å²) in [6, 6.07) is 85.3. The van der Waals surface area contributed by atoms with Crippen molar-refractivity contribution in [3.63, 3.8) is 0 Å². The standard InChI is InChI=1S/C35H23N4S.C21H14BrN3.C14H9NS/c1-3-9-23(10-4-1)33-36-34(24-11-5-2-6-12-24)38-35(37-33)25-15-17-27(18-16-25)39-20-19-26-21-29-28-13-7-8-14-31(28)40-32(29)22-30(26)39;22-18-13-11-17(12-14-18)21-24-19(15-7-3-1-4-8-15)23-20(25-21)16-9-5-2-6-10-16;1-2-4-13-10(3-1)11-7-9-5-6-15-12(9)8-14(11)16-13/h1-18,20-22H,19H2;1-14H;1-8,15H/q+1;;. The monoisotopic (exact) mass is 1140 g/mol. The summed E-state index contributed by atoms with van der Waals surface area (Å²) in [6.07, 6.45) is 5.19. The molecule has 6 heterocycles. The third-order valence-electron chi connectivity index (χ3n) is 14.3. The fraction of sp³-hybridized carbons (Fsp3) is 0.0143. The van der Waals surface area contributed by atoms with Crippen molar-refractivity contribution in [1.29, 1.82) is 0 Å². The van der Waals surface area contributed by atoms with E-state index < -0.39 is 0 Å². The highest BCUT2D eigenvalue weighted by molar-refractivity contribution is 9.10. The maximum Gasteiger partial charge on any atom is 0.216 e. The minimum absolute atomic E-state index is 0.664. The molecule has 16 rings (SSSR count). The molecule has 15 aromatic rings. The Kier molecular flexibility index (Phi) is 13.4. The first-order chi connectivity index (χ1) is 40.0. The van der Waals surface area contributed by atoms with Crippen LogP contribution < -0.4 is 4.58 Å². The Morgan fingerprint density at radius 2 is 0.753 bits per heavy atom. The van der Waals surface area contributed by atoms with Crippen LogP contribution in [0.1, 0.15) is 5.56 Å². The predicted octanol–water partition coefficient (Wildman–Crippen LogP) is 18.9. The molecule has 0 saturated heterocycles. The lowest BCUT2D eigenvalue weighted by atomic mass is 10.1. The highest BCUT2D eigenvalue weighted by Crippen LogP contribution is 2.41. The van der Waals surface area contributed by atoms with E-state index in [1.54, 1.807) is 0 Å². The van der Waals surface area contributed by atoms with Gasteiger partial charge in [-0.3, -0.25) is 0 Å². The van der Waals surface area contributed by atoms with Crippen molar-refractivity contribution in [3.05, 3.63) is 265 Å². The van der Waals surface area contributed by atoms with Crippen molar-refractivity contribution in [3.8, 4) is 68.3 Å². The molecule has 1 aliphatic heterocycles. The highest BCUT2D eigenvalue weighted by Gasteiger charge is 2.26. The molecule has 8 nitrogen and oxygen atoms in total. The van der Waals surface area contributed by atoms with Crippen molar-refractivity contribution >= 4 is 107 Å². The van der Waals surface area contributed by atoms with Gasteiger partial charge < -0.3 is 4.98 Å². The summed E-state index contributed by atoms with van der Waals surface area (Å²) < 4.78 is 8.71. The topological polar surface area (TPSA) is 96.1 Å². The molecule has 0 bridgehead atoms. The quantitative estimate of drug-likeness (QED) is 0.160. The van der Waals surface area contributed by atoms with E-state index in [4.69, 9.17) is 24.9 Å². The molecule has 0 saturated carbocycles. The van der Waals surface area contributed by atoms with Crippen LogP contribution in [0, 0.1) is 0 Å². The molecule has 0 fully saturated rings. The molecule has 1 aliphatic rings. The van der Waals surface area contributed by atoms with Crippen LogP contribution in [0.2, 0.25) is 0 Å². The van der Waals surface area contributed by atoms with Crippen LogP contribution >= 0.6 is 38.6 Å². The molecule has 0 unspecified atom stereocenters. The fourth-order valence-corrected chi connectivity index (χ4v) is 12.8. The minimum Gasteiger partial charge on any atom is -0.361 e. The lowest BCUT2D eigenvalue weighted by Gasteiger charge is -2.08. The molecule has 1 N–H and O–H groups in total. The van der Waals surface area contributed by atoms with Gasteiger partial charge in [-0.25, -0.2) is 29.9 Å². The molecule has 384 valence electrons. The van der Waals surface area contributed by atoms with Crippen LogP contribution in [-0.4, -0.2) is 41.1 Å². The molecule has 0 spiro atoms. The van der Waals surface area contributed by atoms with Gasteiger partial charge in [0.1, 0.15) is 0 Å². The summed E-state index contributed by atoms with van der Waals surface area (Å²) in [7, 11) is 0. The maximum absolute atomic E-state index is 4.88. The van der Waals surface area contributed by atoms with Crippen molar-refractivity contribution in [2.75, 3.05) is 0 Å². The summed E-state index contributed by atoms with van der Waals surface area (Å²) in [5, 5.41) is 6.72. The number of halogens is 1. The summed E-state index contributed by atoms with van der Waals surface area (Å²) in [5.41, 5.74) is 10.8. The highest BCUT2D eigenvalue weighted by atomic mass is 79.9. The maximum atomic E-state index is 4.88.